The standard InChI is InChI=1S/C6H12NO/c1-3-4-5-7-6(2)8/h2-5H2,1H3,(H,7,8). The predicted octanol–water partition coefficient (Wildman–Crippen LogP) is 0.737. The van der Waals surface area contributed by atoms with Crippen LogP contribution in [-0.4, -0.2) is 12.5 Å². The van der Waals surface area contributed by atoms with Gasteiger partial charge in [-0.3, -0.25) is 4.79 Å². The molecule has 0 aliphatic carbocycles. The highest BCUT2D eigenvalue weighted by molar-refractivity contribution is 5.79. The topological polar surface area (TPSA) is 29.1 Å². The Kier molecular flexibility index (Phi) is 4.32. The van der Waals surface area contributed by atoms with Crippen LogP contribution in [0.15, 0.2) is 0 Å². The molecule has 0 saturated carbocycles. The Morgan fingerprint density at radius 1 is 1.75 bits per heavy atom. The van der Waals surface area contributed by atoms with E-state index in [0.717, 1.165) is 19.4 Å². The molecule has 0 aliphatic rings. The van der Waals surface area contributed by atoms with Crippen LogP contribution in [0.25, 0.3) is 0 Å². The summed E-state index contributed by atoms with van der Waals surface area (Å²) in [6.07, 6.45) is 2.15. The summed E-state index contributed by atoms with van der Waals surface area (Å²) in [5.74, 6) is -0.182. The van der Waals surface area contributed by atoms with Crippen molar-refractivity contribution >= 4 is 5.91 Å². The molecule has 47 valence electrons. The third kappa shape index (κ3) is 5.47. The Morgan fingerprint density at radius 2 is 2.38 bits per heavy atom. The lowest BCUT2D eigenvalue weighted by Crippen LogP contribution is -2.20. The molecule has 2 heteroatoms. The predicted molar refractivity (Wildman–Crippen MR) is 33.3 cm³/mol. The van der Waals surface area contributed by atoms with Crippen molar-refractivity contribution in [2.75, 3.05) is 6.54 Å². The zero-order chi connectivity index (χ0) is 6.41. The van der Waals surface area contributed by atoms with Crippen molar-refractivity contribution in [1.29, 1.82) is 0 Å². The van der Waals surface area contributed by atoms with E-state index < -0.39 is 0 Å². The second kappa shape index (κ2) is 4.62. The SMILES string of the molecule is [CH2]C(=O)NCCCC. The number of hydrogen-bond acceptors (Lipinski definition) is 1. The molecule has 1 amide bonds. The van der Waals surface area contributed by atoms with Crippen LogP contribution in [0.5, 0.6) is 0 Å². The first-order valence-electron chi connectivity index (χ1n) is 2.87. The average Bonchev–Trinajstić information content (AvgIpc) is 1.66. The van der Waals surface area contributed by atoms with E-state index >= 15 is 0 Å². The first-order chi connectivity index (χ1) is 3.77. The molecule has 0 heterocycles. The Bertz CT molecular complexity index is 70.9. The second-order valence-electron chi connectivity index (χ2n) is 1.70. The quantitative estimate of drug-likeness (QED) is 0.538. The van der Waals surface area contributed by atoms with Crippen molar-refractivity contribution in [3.8, 4) is 0 Å². The van der Waals surface area contributed by atoms with Gasteiger partial charge in [0.2, 0.25) is 5.91 Å². The lowest BCUT2D eigenvalue weighted by molar-refractivity contribution is -0.116. The summed E-state index contributed by atoms with van der Waals surface area (Å²) in [6, 6.07) is 0. The van der Waals surface area contributed by atoms with Crippen LogP contribution in [0.3, 0.4) is 0 Å². The molecule has 0 bridgehead atoms. The Labute approximate surface area is 50.3 Å². The second-order valence-corrected chi connectivity index (χ2v) is 1.70. The van der Waals surface area contributed by atoms with Gasteiger partial charge in [-0.1, -0.05) is 13.3 Å². The number of hydrogen-bond donors (Lipinski definition) is 1. The van der Waals surface area contributed by atoms with Crippen molar-refractivity contribution in [2.24, 2.45) is 0 Å². The molecule has 2 nitrogen and oxygen atoms in total. The van der Waals surface area contributed by atoms with E-state index in [2.05, 4.69) is 19.2 Å². The summed E-state index contributed by atoms with van der Waals surface area (Å²) in [6.45, 7) is 6.00. The lowest BCUT2D eigenvalue weighted by Gasteiger charge is -1.96. The minimum atomic E-state index is -0.182. The molecule has 0 saturated heterocycles. The summed E-state index contributed by atoms with van der Waals surface area (Å²) in [4.78, 5) is 10.1. The van der Waals surface area contributed by atoms with Crippen molar-refractivity contribution in [2.45, 2.75) is 19.8 Å². The molecular formula is C6H12NO. The highest BCUT2D eigenvalue weighted by Gasteiger charge is 1.86. The zero-order valence-electron chi connectivity index (χ0n) is 5.24. The molecule has 8 heavy (non-hydrogen) atoms. The maximum Gasteiger partial charge on any atom is 0.220 e. The smallest absolute Gasteiger partial charge is 0.220 e. The number of nitrogens with one attached hydrogen (secondary N) is 1. The molecule has 1 radical (unpaired) electrons. The molecular weight excluding hydrogens is 102 g/mol. The fourth-order valence-corrected chi connectivity index (χ4v) is 0.405. The lowest BCUT2D eigenvalue weighted by atomic mass is 10.3. The van der Waals surface area contributed by atoms with E-state index in [1.807, 2.05) is 0 Å². The summed E-state index contributed by atoms with van der Waals surface area (Å²) >= 11 is 0. The van der Waals surface area contributed by atoms with Crippen LogP contribution >= 0.6 is 0 Å². The van der Waals surface area contributed by atoms with Gasteiger partial charge >= 0.3 is 0 Å². The summed E-state index contributed by atoms with van der Waals surface area (Å²) < 4.78 is 0. The third-order valence-corrected chi connectivity index (χ3v) is 0.852. The Balaban J connectivity index is 2.82. The Morgan fingerprint density at radius 3 is 2.75 bits per heavy atom. The molecule has 0 aliphatic heterocycles. The van der Waals surface area contributed by atoms with E-state index in [0.29, 0.717) is 0 Å². The molecule has 0 aromatic heterocycles. The van der Waals surface area contributed by atoms with Gasteiger partial charge in [0.15, 0.2) is 0 Å². The minimum absolute atomic E-state index is 0.182. The number of rotatable bonds is 3. The van der Waals surface area contributed by atoms with Crippen LogP contribution in [-0.2, 0) is 4.79 Å². The van der Waals surface area contributed by atoms with Crippen LogP contribution in [0.1, 0.15) is 19.8 Å². The molecule has 0 aromatic rings. The van der Waals surface area contributed by atoms with Gasteiger partial charge in [0.05, 0.1) is 0 Å². The van der Waals surface area contributed by atoms with E-state index in [4.69, 9.17) is 0 Å². The number of carbonyl (C=O) groups excluding carboxylic acids is 1. The fourth-order valence-electron chi connectivity index (χ4n) is 0.405. The Hall–Kier alpha value is -0.530. The van der Waals surface area contributed by atoms with Crippen LogP contribution in [0.2, 0.25) is 0 Å². The number of amides is 1. The van der Waals surface area contributed by atoms with E-state index in [-0.39, 0.29) is 5.91 Å². The van der Waals surface area contributed by atoms with Gasteiger partial charge in [0, 0.05) is 13.5 Å². The number of unbranched alkanes of at least 4 members (excludes halogenated alkanes) is 1. The zero-order valence-corrected chi connectivity index (χ0v) is 5.24. The van der Waals surface area contributed by atoms with Crippen LogP contribution < -0.4 is 5.32 Å². The summed E-state index contributed by atoms with van der Waals surface area (Å²) in [5, 5.41) is 2.60. The van der Waals surface area contributed by atoms with Gasteiger partial charge in [0.25, 0.3) is 0 Å². The highest BCUT2D eigenvalue weighted by atomic mass is 16.1. The first-order valence-corrected chi connectivity index (χ1v) is 2.87. The van der Waals surface area contributed by atoms with Crippen LogP contribution in [0.4, 0.5) is 0 Å². The molecule has 0 atom stereocenters. The third-order valence-electron chi connectivity index (χ3n) is 0.852. The van der Waals surface area contributed by atoms with Crippen molar-refractivity contribution < 1.29 is 4.79 Å². The monoisotopic (exact) mass is 114 g/mol. The van der Waals surface area contributed by atoms with E-state index in [1.165, 1.54) is 0 Å². The summed E-state index contributed by atoms with van der Waals surface area (Å²) in [5.41, 5.74) is 0. The molecule has 0 unspecified atom stereocenters. The fraction of sp³-hybridized carbons (Fsp3) is 0.667. The van der Waals surface area contributed by atoms with Gasteiger partial charge in [-0.2, -0.15) is 0 Å². The molecule has 0 rings (SSSR count). The van der Waals surface area contributed by atoms with Gasteiger partial charge in [-0.25, -0.2) is 0 Å². The van der Waals surface area contributed by atoms with E-state index in [1.54, 1.807) is 0 Å². The van der Waals surface area contributed by atoms with Gasteiger partial charge in [0.1, 0.15) is 0 Å². The molecule has 0 spiro atoms. The largest absolute Gasteiger partial charge is 0.356 e. The van der Waals surface area contributed by atoms with Gasteiger partial charge < -0.3 is 5.32 Å². The van der Waals surface area contributed by atoms with Crippen LogP contribution in [0, 0.1) is 6.92 Å². The van der Waals surface area contributed by atoms with Crippen molar-refractivity contribution in [1.82, 2.24) is 5.32 Å². The first kappa shape index (κ1) is 7.47. The van der Waals surface area contributed by atoms with E-state index in [9.17, 15) is 4.79 Å². The molecule has 1 N–H and O–H groups in total. The molecule has 0 fully saturated rings. The maximum atomic E-state index is 10.1. The maximum absolute atomic E-state index is 10.1. The molecule has 0 aromatic carbocycles. The van der Waals surface area contributed by atoms with Gasteiger partial charge in [-0.15, -0.1) is 0 Å². The number of carbonyl (C=O) groups is 1. The minimum Gasteiger partial charge on any atom is -0.356 e. The highest BCUT2D eigenvalue weighted by Crippen LogP contribution is 1.80. The summed E-state index contributed by atoms with van der Waals surface area (Å²) in [7, 11) is 0. The van der Waals surface area contributed by atoms with Crippen molar-refractivity contribution in [3.05, 3.63) is 6.92 Å². The normalized spacial score (nSPS) is 8.75. The van der Waals surface area contributed by atoms with Crippen molar-refractivity contribution in [3.63, 3.8) is 0 Å². The van der Waals surface area contributed by atoms with Gasteiger partial charge in [-0.05, 0) is 6.42 Å². The average molecular weight is 114 g/mol.